The summed E-state index contributed by atoms with van der Waals surface area (Å²) in [6.07, 6.45) is 3.35. The van der Waals surface area contributed by atoms with Crippen LogP contribution in [0.1, 0.15) is 17.2 Å². The highest BCUT2D eigenvalue weighted by Crippen LogP contribution is 2.27. The van der Waals surface area contributed by atoms with E-state index in [9.17, 15) is 0 Å². The molecule has 0 saturated heterocycles. The third kappa shape index (κ3) is 2.32. The normalized spacial score (nSPS) is 12.6. The Morgan fingerprint density at radius 2 is 1.91 bits per heavy atom. The zero-order chi connectivity index (χ0) is 15.8. The van der Waals surface area contributed by atoms with Crippen molar-refractivity contribution in [2.45, 2.75) is 6.04 Å². The second kappa shape index (κ2) is 5.20. The molecular formula is C16H16N7+. The van der Waals surface area contributed by atoms with Crippen molar-refractivity contribution in [1.82, 2.24) is 24.8 Å². The number of nitrogen functional groups attached to an aromatic ring is 1. The molecule has 23 heavy (non-hydrogen) atoms. The molecule has 4 rings (SSSR count). The predicted molar refractivity (Wildman–Crippen MR) is 84.8 cm³/mol. The van der Waals surface area contributed by atoms with E-state index in [4.69, 9.17) is 5.84 Å². The quantitative estimate of drug-likeness (QED) is 0.449. The molecule has 0 aliphatic rings. The topological polar surface area (TPSA) is 78.4 Å². The van der Waals surface area contributed by atoms with Crippen LogP contribution in [0.15, 0.2) is 61.2 Å². The van der Waals surface area contributed by atoms with Crippen molar-refractivity contribution in [2.24, 2.45) is 7.05 Å². The van der Waals surface area contributed by atoms with Crippen molar-refractivity contribution in [2.75, 3.05) is 5.84 Å². The second-order valence-electron chi connectivity index (χ2n) is 5.45. The molecule has 1 atom stereocenters. The van der Waals surface area contributed by atoms with E-state index in [2.05, 4.69) is 39.7 Å². The molecule has 2 aromatic heterocycles. The van der Waals surface area contributed by atoms with Gasteiger partial charge in [0.15, 0.2) is 6.04 Å². The van der Waals surface area contributed by atoms with E-state index < -0.39 is 0 Å². The first-order valence-electron chi connectivity index (χ1n) is 7.27. The third-order valence-electron chi connectivity index (χ3n) is 3.90. The summed E-state index contributed by atoms with van der Waals surface area (Å²) in [5, 5.41) is 12.6. The molecule has 0 aliphatic carbocycles. The van der Waals surface area contributed by atoms with Gasteiger partial charge in [0.25, 0.3) is 6.33 Å². The van der Waals surface area contributed by atoms with Gasteiger partial charge in [-0.1, -0.05) is 41.6 Å². The summed E-state index contributed by atoms with van der Waals surface area (Å²) in [5.74, 6) is 5.78. The van der Waals surface area contributed by atoms with E-state index in [1.54, 1.807) is 17.3 Å². The number of fused-ring (bicyclic) bond motifs is 1. The molecular weight excluding hydrogens is 290 g/mol. The first-order valence-corrected chi connectivity index (χ1v) is 7.27. The number of benzene rings is 2. The summed E-state index contributed by atoms with van der Waals surface area (Å²) in [6.45, 7) is 0. The van der Waals surface area contributed by atoms with Gasteiger partial charge in [-0.3, -0.25) is 5.84 Å². The van der Waals surface area contributed by atoms with Crippen LogP contribution in [0.4, 0.5) is 0 Å². The standard InChI is InChI=1S/C16H16N7/c1-21-15-9-13(7-8-14(15)19-20-21)16(12-5-3-2-4-6-12)23-11-22(17)10-18-23/h2-11,16H,17H2,1H3/q+1. The Morgan fingerprint density at radius 1 is 1.09 bits per heavy atom. The Morgan fingerprint density at radius 3 is 2.65 bits per heavy atom. The molecule has 7 heteroatoms. The van der Waals surface area contributed by atoms with E-state index in [1.165, 1.54) is 4.68 Å². The molecule has 0 saturated carbocycles. The molecule has 0 radical (unpaired) electrons. The van der Waals surface area contributed by atoms with Crippen LogP contribution in [0, 0.1) is 0 Å². The van der Waals surface area contributed by atoms with Crippen LogP contribution in [-0.2, 0) is 7.05 Å². The molecule has 0 fully saturated rings. The molecule has 0 amide bonds. The van der Waals surface area contributed by atoms with Crippen molar-refractivity contribution < 1.29 is 4.68 Å². The molecule has 0 bridgehead atoms. The molecule has 2 heterocycles. The van der Waals surface area contributed by atoms with Gasteiger partial charge in [0.1, 0.15) is 5.52 Å². The Bertz CT molecular complexity index is 955. The molecule has 0 aliphatic heterocycles. The lowest BCUT2D eigenvalue weighted by molar-refractivity contribution is -0.639. The van der Waals surface area contributed by atoms with Gasteiger partial charge in [-0.2, -0.15) is 0 Å². The van der Waals surface area contributed by atoms with Crippen LogP contribution < -0.4 is 10.5 Å². The fourth-order valence-corrected chi connectivity index (χ4v) is 2.80. The van der Waals surface area contributed by atoms with Crippen LogP contribution in [0.5, 0.6) is 0 Å². The minimum atomic E-state index is -0.0692. The van der Waals surface area contributed by atoms with Crippen molar-refractivity contribution in [3.8, 4) is 0 Å². The average molecular weight is 306 g/mol. The van der Waals surface area contributed by atoms with Gasteiger partial charge in [-0.15, -0.1) is 14.5 Å². The van der Waals surface area contributed by atoms with E-state index in [-0.39, 0.29) is 6.04 Å². The summed E-state index contributed by atoms with van der Waals surface area (Å²) in [4.78, 5) is 0. The lowest BCUT2D eigenvalue weighted by Crippen LogP contribution is -2.42. The van der Waals surface area contributed by atoms with E-state index in [1.807, 2.05) is 36.0 Å². The number of hydrogen-bond donors (Lipinski definition) is 1. The number of rotatable bonds is 3. The number of nitrogens with two attached hydrogens (primary N) is 1. The van der Waals surface area contributed by atoms with Gasteiger partial charge in [0, 0.05) is 12.1 Å². The highest BCUT2D eigenvalue weighted by Gasteiger charge is 2.23. The van der Waals surface area contributed by atoms with Gasteiger partial charge in [-0.25, -0.2) is 4.68 Å². The van der Waals surface area contributed by atoms with Gasteiger partial charge in [0.2, 0.25) is 6.33 Å². The number of aromatic nitrogens is 6. The van der Waals surface area contributed by atoms with Crippen molar-refractivity contribution in [3.05, 3.63) is 72.3 Å². The fourth-order valence-electron chi connectivity index (χ4n) is 2.80. The van der Waals surface area contributed by atoms with Crippen LogP contribution in [0.25, 0.3) is 11.0 Å². The van der Waals surface area contributed by atoms with Crippen molar-refractivity contribution >= 4 is 11.0 Å². The highest BCUT2D eigenvalue weighted by atomic mass is 15.4. The summed E-state index contributed by atoms with van der Waals surface area (Å²) >= 11 is 0. The highest BCUT2D eigenvalue weighted by molar-refractivity contribution is 5.75. The number of nitrogens with zero attached hydrogens (tertiary/aromatic N) is 6. The van der Waals surface area contributed by atoms with E-state index in [0.29, 0.717) is 0 Å². The summed E-state index contributed by atoms with van der Waals surface area (Å²) in [7, 11) is 1.89. The van der Waals surface area contributed by atoms with Gasteiger partial charge in [0.05, 0.1) is 5.52 Å². The lowest BCUT2D eigenvalue weighted by atomic mass is 9.98. The summed E-state index contributed by atoms with van der Waals surface area (Å²) < 4.78 is 5.06. The largest absolute Gasteiger partial charge is 0.289 e. The SMILES string of the molecule is Cn1nnc2ccc(C(c3ccccc3)n3c[n+](N)cn3)cc21. The molecule has 2 aromatic carbocycles. The van der Waals surface area contributed by atoms with Gasteiger partial charge >= 0.3 is 0 Å². The second-order valence-corrected chi connectivity index (χ2v) is 5.45. The minimum absolute atomic E-state index is 0.0692. The average Bonchev–Trinajstić information content (AvgIpc) is 3.16. The Kier molecular flexibility index (Phi) is 3.04. The van der Waals surface area contributed by atoms with Crippen molar-refractivity contribution in [3.63, 3.8) is 0 Å². The maximum absolute atomic E-state index is 5.78. The Balaban J connectivity index is 1.91. The maximum Gasteiger partial charge on any atom is 0.286 e. The summed E-state index contributed by atoms with van der Waals surface area (Å²) in [5.41, 5.74) is 4.08. The fraction of sp³-hybridized carbons (Fsp3) is 0.125. The van der Waals surface area contributed by atoms with Gasteiger partial charge in [-0.05, 0) is 23.3 Å². The van der Waals surface area contributed by atoms with Crippen molar-refractivity contribution in [1.29, 1.82) is 0 Å². The first-order chi connectivity index (χ1) is 11.2. The molecule has 114 valence electrons. The minimum Gasteiger partial charge on any atom is -0.289 e. The predicted octanol–water partition coefficient (Wildman–Crippen LogP) is 0.804. The zero-order valence-corrected chi connectivity index (χ0v) is 12.6. The first kappa shape index (κ1) is 13.4. The molecule has 0 spiro atoms. The third-order valence-corrected chi connectivity index (χ3v) is 3.90. The summed E-state index contributed by atoms with van der Waals surface area (Å²) in [6, 6.07) is 16.3. The lowest BCUT2D eigenvalue weighted by Gasteiger charge is -2.13. The smallest absolute Gasteiger partial charge is 0.286 e. The number of hydrogen-bond acceptors (Lipinski definition) is 4. The Labute approximate surface area is 132 Å². The van der Waals surface area contributed by atoms with E-state index >= 15 is 0 Å². The maximum atomic E-state index is 5.78. The van der Waals surface area contributed by atoms with Crippen LogP contribution in [0.3, 0.4) is 0 Å². The molecule has 2 N–H and O–H groups in total. The molecule has 1 unspecified atom stereocenters. The monoisotopic (exact) mass is 306 g/mol. The number of aryl methyl sites for hydroxylation is 1. The molecule has 7 nitrogen and oxygen atoms in total. The van der Waals surface area contributed by atoms with Crippen LogP contribution in [-0.4, -0.2) is 24.8 Å². The Hall–Kier alpha value is -3.22. The van der Waals surface area contributed by atoms with Gasteiger partial charge < -0.3 is 0 Å². The van der Waals surface area contributed by atoms with Crippen LogP contribution in [0.2, 0.25) is 0 Å². The van der Waals surface area contributed by atoms with E-state index in [0.717, 1.165) is 22.2 Å². The van der Waals surface area contributed by atoms with Crippen LogP contribution >= 0.6 is 0 Å². The zero-order valence-electron chi connectivity index (χ0n) is 12.6. The molecule has 4 aromatic rings.